The van der Waals surface area contributed by atoms with Crippen molar-refractivity contribution in [1.29, 1.82) is 0 Å². The summed E-state index contributed by atoms with van der Waals surface area (Å²) in [5.74, 6) is 1.73. The van der Waals surface area contributed by atoms with Crippen molar-refractivity contribution in [3.05, 3.63) is 16.0 Å². The Kier molecular flexibility index (Phi) is 7.95. The van der Waals surface area contributed by atoms with Crippen LogP contribution in [0.1, 0.15) is 85.3 Å². The first-order valence-electron chi connectivity index (χ1n) is 13.8. The van der Waals surface area contributed by atoms with Crippen LogP contribution < -0.4 is 15.8 Å². The molecule has 2 amide bonds. The van der Waals surface area contributed by atoms with E-state index in [2.05, 4.69) is 41.1 Å². The maximum atomic E-state index is 13.2. The number of aromatic nitrogens is 4. The molecule has 9 heteroatoms. The highest BCUT2D eigenvalue weighted by atomic mass is 16.2. The van der Waals surface area contributed by atoms with Crippen LogP contribution in [0.15, 0.2) is 4.79 Å². The van der Waals surface area contributed by atoms with Gasteiger partial charge in [-0.2, -0.15) is 5.10 Å². The number of likely N-dealkylation sites (tertiary alicyclic amines) is 1. The topological polar surface area (TPSA) is 99.2 Å². The van der Waals surface area contributed by atoms with Gasteiger partial charge in [0.25, 0.3) is 5.56 Å². The lowest BCUT2D eigenvalue weighted by atomic mass is 9.88. The number of hydrogen-bond donors (Lipinski definition) is 2. The molecule has 2 N–H and O–H groups in total. The molecular formula is C27H45N7O2. The van der Waals surface area contributed by atoms with Crippen LogP contribution in [0.2, 0.25) is 0 Å². The van der Waals surface area contributed by atoms with Crippen LogP contribution >= 0.6 is 0 Å². The molecule has 2 aromatic heterocycles. The van der Waals surface area contributed by atoms with Crippen molar-refractivity contribution in [2.45, 2.75) is 91.0 Å². The highest BCUT2D eigenvalue weighted by molar-refractivity contribution is 5.79. The Morgan fingerprint density at radius 1 is 1.08 bits per heavy atom. The first-order valence-corrected chi connectivity index (χ1v) is 13.8. The van der Waals surface area contributed by atoms with Gasteiger partial charge in [-0.25, -0.2) is 9.78 Å². The van der Waals surface area contributed by atoms with E-state index < -0.39 is 0 Å². The van der Waals surface area contributed by atoms with Gasteiger partial charge in [-0.15, -0.1) is 0 Å². The number of carbonyl (C=O) groups excluding carboxylic acids is 1. The van der Waals surface area contributed by atoms with Gasteiger partial charge in [0, 0.05) is 44.7 Å². The fourth-order valence-electron chi connectivity index (χ4n) is 5.72. The van der Waals surface area contributed by atoms with Crippen molar-refractivity contribution < 1.29 is 4.79 Å². The number of nitrogens with one attached hydrogen (secondary N) is 2. The molecule has 2 aromatic rings. The van der Waals surface area contributed by atoms with Crippen molar-refractivity contribution in [1.82, 2.24) is 30.0 Å². The van der Waals surface area contributed by atoms with Gasteiger partial charge in [0.05, 0.1) is 5.69 Å². The summed E-state index contributed by atoms with van der Waals surface area (Å²) in [7, 11) is 1.82. The molecule has 2 fully saturated rings. The lowest BCUT2D eigenvalue weighted by Crippen LogP contribution is -2.48. The molecule has 1 aliphatic heterocycles. The van der Waals surface area contributed by atoms with Crippen LogP contribution in [0.25, 0.3) is 11.0 Å². The van der Waals surface area contributed by atoms with Gasteiger partial charge in [-0.05, 0) is 51.4 Å². The van der Waals surface area contributed by atoms with Crippen molar-refractivity contribution in [3.63, 3.8) is 0 Å². The van der Waals surface area contributed by atoms with Crippen LogP contribution in [0.5, 0.6) is 0 Å². The van der Waals surface area contributed by atoms with E-state index in [4.69, 9.17) is 4.98 Å². The number of fused-ring (bicyclic) bond motifs is 1. The first kappa shape index (κ1) is 26.5. The van der Waals surface area contributed by atoms with Gasteiger partial charge in [-0.1, -0.05) is 40.0 Å². The second-order valence-corrected chi connectivity index (χ2v) is 12.3. The van der Waals surface area contributed by atoms with Crippen LogP contribution in [0, 0.1) is 11.8 Å². The molecule has 0 atom stereocenters. The summed E-state index contributed by atoms with van der Waals surface area (Å²) in [4.78, 5) is 38.1. The molecule has 2 aliphatic rings. The molecule has 0 bridgehead atoms. The minimum Gasteiger partial charge on any atom is -0.342 e. The average molecular weight is 500 g/mol. The summed E-state index contributed by atoms with van der Waals surface area (Å²) in [5, 5.41) is 7.68. The maximum absolute atomic E-state index is 13.2. The minimum atomic E-state index is -0.213. The zero-order valence-electron chi connectivity index (χ0n) is 23.1. The Labute approximate surface area is 215 Å². The molecule has 9 nitrogen and oxygen atoms in total. The van der Waals surface area contributed by atoms with E-state index in [0.717, 1.165) is 44.7 Å². The third-order valence-corrected chi connectivity index (χ3v) is 7.69. The standard InChI is InChI=1S/C27H45N7O2/c1-18(2)28-26(36)33-14-12-20(13-15-33)17-34(16-19-10-8-7-9-11-19)25-29-21-22(24(35)30-25)32(6)31-23(21)27(3,4)5/h18-20H,7-17H2,1-6H3,(H,28,36)(H,29,30,35). The Bertz CT molecular complexity index is 1100. The zero-order valence-corrected chi connectivity index (χ0v) is 23.1. The van der Waals surface area contributed by atoms with Crippen molar-refractivity contribution in [2.75, 3.05) is 31.1 Å². The normalized spacial score (nSPS) is 18.2. The van der Waals surface area contributed by atoms with E-state index in [1.54, 1.807) is 4.68 Å². The number of urea groups is 1. The van der Waals surface area contributed by atoms with Crippen LogP contribution in [-0.2, 0) is 12.5 Å². The second kappa shape index (κ2) is 10.8. The monoisotopic (exact) mass is 499 g/mol. The van der Waals surface area contributed by atoms with E-state index >= 15 is 0 Å². The smallest absolute Gasteiger partial charge is 0.317 e. The number of rotatable bonds is 6. The minimum absolute atomic E-state index is 0.0326. The van der Waals surface area contributed by atoms with Crippen LogP contribution in [-0.4, -0.2) is 62.9 Å². The predicted octanol–water partition coefficient (Wildman–Crippen LogP) is 4.17. The van der Waals surface area contributed by atoms with Gasteiger partial charge >= 0.3 is 6.03 Å². The number of carbonyl (C=O) groups is 1. The third kappa shape index (κ3) is 6.03. The molecule has 0 unspecified atom stereocenters. The number of hydrogen-bond acceptors (Lipinski definition) is 5. The summed E-state index contributed by atoms with van der Waals surface area (Å²) in [6.45, 7) is 13.6. The second-order valence-electron chi connectivity index (χ2n) is 12.3. The SMILES string of the molecule is CC(C)NC(=O)N1CCC(CN(CC2CCCCC2)c2nc3c(C(C)(C)C)nn(C)c3c(=O)[nH]2)CC1. The molecule has 0 aromatic carbocycles. The molecule has 4 rings (SSSR count). The van der Waals surface area contributed by atoms with E-state index in [1.807, 2.05) is 25.8 Å². The largest absolute Gasteiger partial charge is 0.342 e. The van der Waals surface area contributed by atoms with Gasteiger partial charge < -0.3 is 15.1 Å². The number of aromatic amines is 1. The summed E-state index contributed by atoms with van der Waals surface area (Å²) >= 11 is 0. The summed E-state index contributed by atoms with van der Waals surface area (Å²) in [5.41, 5.74) is 1.75. The zero-order chi connectivity index (χ0) is 26.0. The molecular weight excluding hydrogens is 454 g/mol. The third-order valence-electron chi connectivity index (χ3n) is 7.69. The number of nitrogens with zero attached hydrogens (tertiary/aromatic N) is 5. The number of anilines is 1. The van der Waals surface area contributed by atoms with Crippen molar-refractivity contribution >= 4 is 23.0 Å². The van der Waals surface area contributed by atoms with E-state index in [0.29, 0.717) is 28.8 Å². The average Bonchev–Trinajstić information content (AvgIpc) is 3.17. The Morgan fingerprint density at radius 2 is 1.69 bits per heavy atom. The summed E-state index contributed by atoms with van der Waals surface area (Å²) in [6.07, 6.45) is 8.26. The van der Waals surface area contributed by atoms with Crippen molar-refractivity contribution in [2.24, 2.45) is 18.9 Å². The molecule has 200 valence electrons. The van der Waals surface area contributed by atoms with Gasteiger partial charge in [0.2, 0.25) is 5.95 Å². The highest BCUT2D eigenvalue weighted by Crippen LogP contribution is 2.30. The molecule has 3 heterocycles. The predicted molar refractivity (Wildman–Crippen MR) is 145 cm³/mol. The van der Waals surface area contributed by atoms with E-state index in [1.165, 1.54) is 32.1 Å². The van der Waals surface area contributed by atoms with E-state index in [-0.39, 0.29) is 23.0 Å². The van der Waals surface area contributed by atoms with Gasteiger partial charge in [0.1, 0.15) is 5.52 Å². The molecule has 36 heavy (non-hydrogen) atoms. The fourth-order valence-corrected chi connectivity index (χ4v) is 5.72. The van der Waals surface area contributed by atoms with Crippen molar-refractivity contribution in [3.8, 4) is 0 Å². The molecule has 1 saturated heterocycles. The lowest BCUT2D eigenvalue weighted by Gasteiger charge is -2.37. The first-order chi connectivity index (χ1) is 17.0. The molecule has 0 radical (unpaired) electrons. The lowest BCUT2D eigenvalue weighted by molar-refractivity contribution is 0.168. The Morgan fingerprint density at radius 3 is 2.28 bits per heavy atom. The Hall–Kier alpha value is -2.58. The summed E-state index contributed by atoms with van der Waals surface area (Å²) in [6, 6.07) is 0.176. The summed E-state index contributed by atoms with van der Waals surface area (Å²) < 4.78 is 1.66. The van der Waals surface area contributed by atoms with E-state index in [9.17, 15) is 9.59 Å². The number of H-pyrrole nitrogens is 1. The number of amides is 2. The maximum Gasteiger partial charge on any atom is 0.317 e. The van der Waals surface area contributed by atoms with Gasteiger partial charge in [0.15, 0.2) is 5.52 Å². The van der Waals surface area contributed by atoms with Gasteiger partial charge in [-0.3, -0.25) is 14.5 Å². The molecule has 0 spiro atoms. The quantitative estimate of drug-likeness (QED) is 0.621. The number of piperidine rings is 1. The van der Waals surface area contributed by atoms with Crippen LogP contribution in [0.3, 0.4) is 0 Å². The Balaban J connectivity index is 1.58. The molecule has 1 saturated carbocycles. The number of aryl methyl sites for hydroxylation is 1. The molecule has 1 aliphatic carbocycles. The fraction of sp³-hybridized carbons (Fsp3) is 0.778. The highest BCUT2D eigenvalue weighted by Gasteiger charge is 2.29. The van der Waals surface area contributed by atoms with Crippen LogP contribution in [0.4, 0.5) is 10.7 Å².